The molecule has 0 radical (unpaired) electrons. The Morgan fingerprint density at radius 2 is 2.22 bits per heavy atom. The summed E-state index contributed by atoms with van der Waals surface area (Å²) in [5, 5.41) is 0. The summed E-state index contributed by atoms with van der Waals surface area (Å²) in [6.45, 7) is 1.58. The summed E-state index contributed by atoms with van der Waals surface area (Å²) in [6.07, 6.45) is 0. The van der Waals surface area contributed by atoms with Gasteiger partial charge in [-0.2, -0.15) is 11.8 Å². The Labute approximate surface area is 112 Å². The molecule has 98 valence electrons. The van der Waals surface area contributed by atoms with E-state index < -0.39 is 0 Å². The third-order valence-electron chi connectivity index (χ3n) is 2.59. The van der Waals surface area contributed by atoms with E-state index in [1.54, 1.807) is 0 Å². The first-order chi connectivity index (χ1) is 8.69. The van der Waals surface area contributed by atoms with Gasteiger partial charge in [-0.1, -0.05) is 6.07 Å². The van der Waals surface area contributed by atoms with E-state index in [9.17, 15) is 0 Å². The molecule has 1 heterocycles. The van der Waals surface area contributed by atoms with Gasteiger partial charge in [0.2, 0.25) is 0 Å². The summed E-state index contributed by atoms with van der Waals surface area (Å²) in [5.74, 6) is 3.03. The fourth-order valence-electron chi connectivity index (χ4n) is 1.85. The summed E-state index contributed by atoms with van der Waals surface area (Å²) in [5.41, 5.74) is 8.98. The van der Waals surface area contributed by atoms with Gasteiger partial charge in [-0.3, -0.25) is 0 Å². The molecule has 0 atom stereocenters. The molecular formula is C13H20N4S. The van der Waals surface area contributed by atoms with E-state index in [0.717, 1.165) is 41.5 Å². The lowest BCUT2D eigenvalue weighted by Gasteiger charge is -2.04. The highest BCUT2D eigenvalue weighted by molar-refractivity contribution is 7.98. The maximum Gasteiger partial charge on any atom is 0.121 e. The van der Waals surface area contributed by atoms with Crippen LogP contribution >= 0.6 is 11.8 Å². The van der Waals surface area contributed by atoms with Gasteiger partial charge in [0.25, 0.3) is 0 Å². The lowest BCUT2D eigenvalue weighted by Crippen LogP contribution is -2.11. The normalized spacial score (nSPS) is 11.6. The van der Waals surface area contributed by atoms with Gasteiger partial charge < -0.3 is 15.6 Å². The van der Waals surface area contributed by atoms with E-state index in [1.807, 2.05) is 25.9 Å². The number of rotatable bonds is 6. The Morgan fingerprint density at radius 3 is 2.94 bits per heavy atom. The molecule has 2 rings (SSSR count). The summed E-state index contributed by atoms with van der Waals surface area (Å²) in [7, 11) is 4.09. The van der Waals surface area contributed by atoms with Crippen molar-refractivity contribution < 1.29 is 0 Å². The molecule has 0 aliphatic carbocycles. The molecule has 0 amide bonds. The minimum Gasteiger partial charge on any atom is -0.341 e. The molecule has 0 aliphatic heterocycles. The molecule has 1 aromatic carbocycles. The van der Waals surface area contributed by atoms with Crippen molar-refractivity contribution in [3.63, 3.8) is 0 Å². The zero-order chi connectivity index (χ0) is 13.0. The molecule has 0 aliphatic rings. The van der Waals surface area contributed by atoms with Gasteiger partial charge in [-0.05, 0) is 31.8 Å². The van der Waals surface area contributed by atoms with E-state index in [2.05, 4.69) is 33.1 Å². The first kappa shape index (κ1) is 13.4. The van der Waals surface area contributed by atoms with Crippen molar-refractivity contribution in [3.8, 4) is 0 Å². The highest BCUT2D eigenvalue weighted by Gasteiger charge is 2.04. The van der Waals surface area contributed by atoms with Gasteiger partial charge >= 0.3 is 0 Å². The van der Waals surface area contributed by atoms with Gasteiger partial charge in [0.15, 0.2) is 0 Å². The van der Waals surface area contributed by atoms with Crippen molar-refractivity contribution in [2.24, 2.45) is 5.73 Å². The van der Waals surface area contributed by atoms with Gasteiger partial charge in [0.05, 0.1) is 17.6 Å². The van der Waals surface area contributed by atoms with Crippen LogP contribution in [-0.2, 0) is 12.3 Å². The second-order valence-electron chi connectivity index (χ2n) is 4.61. The molecule has 4 nitrogen and oxygen atoms in total. The molecule has 0 bridgehead atoms. The van der Waals surface area contributed by atoms with Crippen LogP contribution in [0.1, 0.15) is 11.4 Å². The first-order valence-electron chi connectivity index (χ1n) is 6.09. The molecule has 2 aromatic rings. The number of nitrogens with two attached hydrogens (primary N) is 1. The van der Waals surface area contributed by atoms with Crippen LogP contribution in [0.3, 0.4) is 0 Å². The van der Waals surface area contributed by atoms with Crippen molar-refractivity contribution in [2.45, 2.75) is 12.3 Å². The largest absolute Gasteiger partial charge is 0.341 e. The monoisotopic (exact) mass is 264 g/mol. The molecule has 1 aromatic heterocycles. The van der Waals surface area contributed by atoms with Crippen molar-refractivity contribution in [1.82, 2.24) is 14.9 Å². The number of hydrogen-bond acceptors (Lipinski definition) is 4. The summed E-state index contributed by atoms with van der Waals surface area (Å²) in [6, 6.07) is 6.42. The van der Waals surface area contributed by atoms with Crippen LogP contribution < -0.4 is 5.73 Å². The molecule has 5 heteroatoms. The van der Waals surface area contributed by atoms with Crippen molar-refractivity contribution in [1.29, 1.82) is 0 Å². The molecule has 0 spiro atoms. The van der Waals surface area contributed by atoms with Crippen LogP contribution in [0.4, 0.5) is 0 Å². The second-order valence-corrected chi connectivity index (χ2v) is 5.72. The van der Waals surface area contributed by atoms with Crippen molar-refractivity contribution in [2.75, 3.05) is 26.4 Å². The van der Waals surface area contributed by atoms with E-state index >= 15 is 0 Å². The maximum atomic E-state index is 5.49. The third kappa shape index (κ3) is 3.48. The lowest BCUT2D eigenvalue weighted by molar-refractivity contribution is 0.392. The number of nitrogens with one attached hydrogen (secondary N) is 1. The maximum absolute atomic E-state index is 5.49. The van der Waals surface area contributed by atoms with Crippen LogP contribution in [0.5, 0.6) is 0 Å². The number of nitrogens with zero attached hydrogens (tertiary/aromatic N) is 2. The molecule has 0 saturated carbocycles. The Morgan fingerprint density at radius 1 is 1.39 bits per heavy atom. The number of benzene rings is 1. The third-order valence-corrected chi connectivity index (χ3v) is 3.65. The number of fused-ring (bicyclic) bond motifs is 1. The first-order valence-corrected chi connectivity index (χ1v) is 7.24. The quantitative estimate of drug-likeness (QED) is 0.781. The fraction of sp³-hybridized carbons (Fsp3) is 0.462. The van der Waals surface area contributed by atoms with E-state index in [4.69, 9.17) is 5.73 Å². The Hall–Kier alpha value is -1.04. The number of hydrogen-bond donors (Lipinski definition) is 2. The van der Waals surface area contributed by atoms with Crippen LogP contribution in [-0.4, -0.2) is 41.3 Å². The van der Waals surface area contributed by atoms with E-state index in [1.165, 1.54) is 5.56 Å². The number of imidazole rings is 1. The zero-order valence-corrected chi connectivity index (χ0v) is 11.8. The van der Waals surface area contributed by atoms with Crippen molar-refractivity contribution in [3.05, 3.63) is 29.6 Å². The Kier molecular flexibility index (Phi) is 4.63. The number of H-pyrrole nitrogens is 1. The molecule has 0 fully saturated rings. The van der Waals surface area contributed by atoms with Gasteiger partial charge in [-0.15, -0.1) is 0 Å². The van der Waals surface area contributed by atoms with Crippen molar-refractivity contribution >= 4 is 22.8 Å². The fourth-order valence-corrected chi connectivity index (χ4v) is 2.57. The summed E-state index contributed by atoms with van der Waals surface area (Å²) < 4.78 is 0. The van der Waals surface area contributed by atoms with Crippen LogP contribution in [0, 0.1) is 0 Å². The summed E-state index contributed by atoms with van der Waals surface area (Å²) >= 11 is 1.86. The highest BCUT2D eigenvalue weighted by Crippen LogP contribution is 2.18. The number of aromatic nitrogens is 2. The summed E-state index contributed by atoms with van der Waals surface area (Å²) in [4.78, 5) is 10.0. The highest BCUT2D eigenvalue weighted by atomic mass is 32.2. The average Bonchev–Trinajstić information content (AvgIpc) is 2.69. The topological polar surface area (TPSA) is 57.9 Å². The molecule has 3 N–H and O–H groups in total. The minimum atomic E-state index is 0.740. The number of thioether (sulfide) groups is 1. The lowest BCUT2D eigenvalue weighted by atomic mass is 10.2. The van der Waals surface area contributed by atoms with E-state index in [0.29, 0.717) is 0 Å². The molecular weight excluding hydrogens is 244 g/mol. The van der Waals surface area contributed by atoms with Gasteiger partial charge in [0, 0.05) is 18.1 Å². The van der Waals surface area contributed by atoms with Crippen LogP contribution in [0.25, 0.3) is 11.0 Å². The predicted molar refractivity (Wildman–Crippen MR) is 78.7 cm³/mol. The SMILES string of the molecule is CN(C)Cc1nc2ccc(CSCCN)cc2[nH]1. The zero-order valence-electron chi connectivity index (χ0n) is 10.9. The molecule has 0 saturated heterocycles. The smallest absolute Gasteiger partial charge is 0.121 e. The average molecular weight is 264 g/mol. The van der Waals surface area contributed by atoms with Gasteiger partial charge in [-0.25, -0.2) is 4.98 Å². The molecule has 18 heavy (non-hydrogen) atoms. The molecule has 0 unspecified atom stereocenters. The number of aromatic amines is 1. The Bertz CT molecular complexity index is 507. The van der Waals surface area contributed by atoms with Crippen LogP contribution in [0.2, 0.25) is 0 Å². The standard InChI is InChI=1S/C13H20N4S/c1-17(2)8-13-15-11-4-3-10(7-12(11)16-13)9-18-6-5-14/h3-4,7H,5-6,8-9,14H2,1-2H3,(H,15,16). The Balaban J connectivity index is 2.12. The van der Waals surface area contributed by atoms with Gasteiger partial charge in [0.1, 0.15) is 5.82 Å². The second kappa shape index (κ2) is 6.22. The predicted octanol–water partition coefficient (Wildman–Crippen LogP) is 1.82. The minimum absolute atomic E-state index is 0.740. The van der Waals surface area contributed by atoms with E-state index in [-0.39, 0.29) is 0 Å². The van der Waals surface area contributed by atoms with Crippen LogP contribution in [0.15, 0.2) is 18.2 Å².